The fourth-order valence-corrected chi connectivity index (χ4v) is 4.73. The van der Waals surface area contributed by atoms with E-state index in [1.54, 1.807) is 27.7 Å². The van der Waals surface area contributed by atoms with Crippen molar-refractivity contribution in [2.45, 2.75) is 45.1 Å². The van der Waals surface area contributed by atoms with Crippen molar-refractivity contribution in [3.8, 4) is 5.75 Å². The molecule has 34 heavy (non-hydrogen) atoms. The number of rotatable bonds is 7. The minimum Gasteiger partial charge on any atom is -0.484 e. The van der Waals surface area contributed by atoms with E-state index >= 15 is 0 Å². The molecule has 1 amide bonds. The largest absolute Gasteiger partial charge is 0.484 e. The number of nitrogens with zero attached hydrogens (tertiary/aromatic N) is 4. The van der Waals surface area contributed by atoms with Gasteiger partial charge in [0.15, 0.2) is 5.78 Å². The Morgan fingerprint density at radius 2 is 1.97 bits per heavy atom. The first-order chi connectivity index (χ1) is 16.5. The van der Waals surface area contributed by atoms with Crippen LogP contribution in [-0.2, 0) is 22.6 Å². The number of carbonyl (C=O) groups excluding carboxylic acids is 2. The van der Waals surface area contributed by atoms with E-state index in [9.17, 15) is 18.8 Å². The minimum atomic E-state index is -0.377. The highest BCUT2D eigenvalue weighted by Crippen LogP contribution is 2.30. The number of aromatic nitrogens is 3. The number of unbranched alkanes of at least 4 members (excludes halogenated alkanes) is 2. The molecule has 2 aromatic heterocycles. The van der Waals surface area contributed by atoms with Gasteiger partial charge in [-0.1, -0.05) is 12.8 Å². The van der Waals surface area contributed by atoms with E-state index in [1.807, 2.05) is 0 Å². The molecular formula is C25H25FN4O4. The number of aryl methyl sites for hydroxylation is 1. The van der Waals surface area contributed by atoms with Gasteiger partial charge in [-0.2, -0.15) is 0 Å². The third-order valence-electron chi connectivity index (χ3n) is 6.46. The number of halogens is 1. The summed E-state index contributed by atoms with van der Waals surface area (Å²) in [7, 11) is 0. The molecule has 0 N–H and O–H groups in total. The second-order valence-electron chi connectivity index (χ2n) is 8.92. The molecule has 0 aliphatic carbocycles. The number of fused-ring (bicyclic) bond motifs is 2. The third-order valence-corrected chi connectivity index (χ3v) is 6.46. The highest BCUT2D eigenvalue weighted by molar-refractivity contribution is 5.95. The smallest absolute Gasteiger partial charge is 0.269 e. The number of ketones is 1. The van der Waals surface area contributed by atoms with Crippen molar-refractivity contribution in [3.05, 3.63) is 58.4 Å². The van der Waals surface area contributed by atoms with Crippen LogP contribution in [-0.4, -0.2) is 39.4 Å². The zero-order valence-corrected chi connectivity index (χ0v) is 18.7. The summed E-state index contributed by atoms with van der Waals surface area (Å²) < 4.78 is 20.5. The Balaban J connectivity index is 1.14. The molecule has 1 aromatic carbocycles. The SMILES string of the molecule is O=C1COc2ccc(N3C[C@@H](CCCCCn4c(=O)cnc5cc(F)ccc54)CC3=O)nc2C1. The number of carbonyl (C=O) groups is 2. The van der Waals surface area contributed by atoms with Crippen molar-refractivity contribution in [1.29, 1.82) is 0 Å². The maximum Gasteiger partial charge on any atom is 0.269 e. The standard InChI is InChI=1S/C25H25FN4O4/c26-17-5-6-21-19(11-17)27-13-25(33)29(21)9-3-1-2-4-16-10-24(32)30(14-16)23-8-7-22-20(28-23)12-18(31)15-34-22/h5-8,11,13,16H,1-4,9-10,12,14-15H2/t16-/m0/s1. The summed E-state index contributed by atoms with van der Waals surface area (Å²) in [4.78, 5) is 46.7. The topological polar surface area (TPSA) is 94.4 Å². The number of hydrogen-bond acceptors (Lipinski definition) is 6. The van der Waals surface area contributed by atoms with E-state index in [0.29, 0.717) is 47.8 Å². The summed E-state index contributed by atoms with van der Waals surface area (Å²) in [5, 5.41) is 0. The van der Waals surface area contributed by atoms with Crippen LogP contribution < -0.4 is 15.2 Å². The van der Waals surface area contributed by atoms with E-state index in [2.05, 4.69) is 9.97 Å². The van der Waals surface area contributed by atoms with Crippen LogP contribution in [0.2, 0.25) is 0 Å². The average Bonchev–Trinajstić information content (AvgIpc) is 3.19. The molecule has 2 aliphatic rings. The lowest BCUT2D eigenvalue weighted by Gasteiger charge is -2.20. The molecule has 9 heteroatoms. The number of amides is 1. The van der Waals surface area contributed by atoms with Crippen LogP contribution in [0.25, 0.3) is 11.0 Å². The quantitative estimate of drug-likeness (QED) is 0.499. The Morgan fingerprint density at radius 3 is 2.85 bits per heavy atom. The second kappa shape index (κ2) is 9.32. The predicted octanol–water partition coefficient (Wildman–Crippen LogP) is 3.05. The Hall–Kier alpha value is -3.62. The van der Waals surface area contributed by atoms with Gasteiger partial charge in [0.1, 0.15) is 24.0 Å². The highest BCUT2D eigenvalue weighted by atomic mass is 19.1. The maximum atomic E-state index is 13.4. The fourth-order valence-electron chi connectivity index (χ4n) is 4.73. The second-order valence-corrected chi connectivity index (χ2v) is 8.92. The van der Waals surface area contributed by atoms with Crippen molar-refractivity contribution in [3.63, 3.8) is 0 Å². The number of ether oxygens (including phenoxy) is 1. The Labute approximate surface area is 195 Å². The minimum absolute atomic E-state index is 0.0167. The molecule has 0 saturated carbocycles. The van der Waals surface area contributed by atoms with E-state index in [1.165, 1.54) is 18.3 Å². The van der Waals surface area contributed by atoms with Crippen molar-refractivity contribution < 1.29 is 18.7 Å². The van der Waals surface area contributed by atoms with Gasteiger partial charge < -0.3 is 9.30 Å². The first kappa shape index (κ1) is 22.2. The predicted molar refractivity (Wildman–Crippen MR) is 123 cm³/mol. The summed E-state index contributed by atoms with van der Waals surface area (Å²) in [5.41, 5.74) is 1.50. The lowest BCUT2D eigenvalue weighted by atomic mass is 10.0. The lowest BCUT2D eigenvalue weighted by molar-refractivity contribution is -0.121. The van der Waals surface area contributed by atoms with Gasteiger partial charge in [0.25, 0.3) is 5.56 Å². The molecule has 1 atom stereocenters. The van der Waals surface area contributed by atoms with Crippen LogP contribution in [0.1, 0.15) is 37.8 Å². The summed E-state index contributed by atoms with van der Waals surface area (Å²) in [5.74, 6) is 1.08. The summed E-state index contributed by atoms with van der Waals surface area (Å²) in [6.07, 6.45) is 5.52. The lowest BCUT2D eigenvalue weighted by Crippen LogP contribution is -2.27. The maximum absolute atomic E-state index is 13.4. The van der Waals surface area contributed by atoms with Crippen molar-refractivity contribution in [2.24, 2.45) is 5.92 Å². The Morgan fingerprint density at radius 1 is 1.09 bits per heavy atom. The number of Topliss-reactive ketones (excluding diaryl/α,β-unsaturated/α-hetero) is 1. The monoisotopic (exact) mass is 464 g/mol. The van der Waals surface area contributed by atoms with Crippen LogP contribution in [0, 0.1) is 11.7 Å². The molecular weight excluding hydrogens is 439 g/mol. The zero-order chi connectivity index (χ0) is 23.7. The van der Waals surface area contributed by atoms with Crippen LogP contribution >= 0.6 is 0 Å². The zero-order valence-electron chi connectivity index (χ0n) is 18.7. The highest BCUT2D eigenvalue weighted by Gasteiger charge is 2.31. The van der Waals surface area contributed by atoms with Crippen molar-refractivity contribution >= 4 is 28.5 Å². The van der Waals surface area contributed by atoms with Crippen molar-refractivity contribution in [1.82, 2.24) is 14.5 Å². The summed E-state index contributed by atoms with van der Waals surface area (Å²) in [6, 6.07) is 7.82. The van der Waals surface area contributed by atoms with Crippen LogP contribution in [0.3, 0.4) is 0 Å². The van der Waals surface area contributed by atoms with Crippen LogP contribution in [0.5, 0.6) is 5.75 Å². The van der Waals surface area contributed by atoms with Gasteiger partial charge in [-0.25, -0.2) is 14.4 Å². The first-order valence-corrected chi connectivity index (χ1v) is 11.6. The molecule has 176 valence electrons. The van der Waals surface area contributed by atoms with Gasteiger partial charge in [0.05, 0.1) is 29.3 Å². The first-order valence-electron chi connectivity index (χ1n) is 11.6. The van der Waals surface area contributed by atoms with Gasteiger partial charge in [0, 0.05) is 25.6 Å². The Kier molecular flexibility index (Phi) is 6.08. The molecule has 8 nitrogen and oxygen atoms in total. The molecule has 0 bridgehead atoms. The number of hydrogen-bond donors (Lipinski definition) is 0. The summed E-state index contributed by atoms with van der Waals surface area (Å²) >= 11 is 0. The molecule has 0 radical (unpaired) electrons. The van der Waals surface area contributed by atoms with Gasteiger partial charge >= 0.3 is 0 Å². The van der Waals surface area contributed by atoms with Gasteiger partial charge in [0.2, 0.25) is 5.91 Å². The van der Waals surface area contributed by atoms with Crippen molar-refractivity contribution in [2.75, 3.05) is 18.1 Å². The van der Waals surface area contributed by atoms with Crippen LogP contribution in [0.4, 0.5) is 10.2 Å². The van der Waals surface area contributed by atoms with Gasteiger partial charge in [-0.3, -0.25) is 19.3 Å². The molecule has 5 rings (SSSR count). The molecule has 4 heterocycles. The van der Waals surface area contributed by atoms with E-state index < -0.39 is 0 Å². The third kappa shape index (κ3) is 4.55. The number of benzene rings is 1. The Bertz CT molecular complexity index is 1320. The fraction of sp³-hybridized carbons (Fsp3) is 0.400. The van der Waals surface area contributed by atoms with Crippen LogP contribution in [0.15, 0.2) is 41.3 Å². The van der Waals surface area contributed by atoms with E-state index in [0.717, 1.165) is 25.7 Å². The molecule has 2 aliphatic heterocycles. The molecule has 1 fully saturated rings. The molecule has 3 aromatic rings. The van der Waals surface area contributed by atoms with E-state index in [-0.39, 0.29) is 42.0 Å². The number of anilines is 1. The number of pyridine rings is 1. The van der Waals surface area contributed by atoms with Gasteiger partial charge in [-0.15, -0.1) is 0 Å². The summed E-state index contributed by atoms with van der Waals surface area (Å²) in [6.45, 7) is 1.22. The molecule has 0 spiro atoms. The molecule has 0 unspecified atom stereocenters. The van der Waals surface area contributed by atoms with Gasteiger partial charge in [-0.05, 0) is 43.0 Å². The molecule has 1 saturated heterocycles. The normalized spacial score (nSPS) is 17.8. The van der Waals surface area contributed by atoms with E-state index in [4.69, 9.17) is 4.74 Å². The average molecular weight is 464 g/mol.